The van der Waals surface area contributed by atoms with Crippen LogP contribution in [0, 0.1) is 5.92 Å². The van der Waals surface area contributed by atoms with E-state index in [2.05, 4.69) is 11.4 Å². The van der Waals surface area contributed by atoms with Crippen LogP contribution in [0.25, 0.3) is 0 Å². The van der Waals surface area contributed by atoms with Gasteiger partial charge in [-0.1, -0.05) is 0 Å². The van der Waals surface area contributed by atoms with E-state index in [1.54, 1.807) is 11.3 Å². The first kappa shape index (κ1) is 13.6. The van der Waals surface area contributed by atoms with Crippen molar-refractivity contribution in [1.82, 2.24) is 4.90 Å². The van der Waals surface area contributed by atoms with Crippen LogP contribution in [0.1, 0.15) is 29.3 Å². The molecule has 1 atom stereocenters. The molecule has 0 spiro atoms. The molecule has 108 valence electrons. The molecular formula is C14H17NO4S. The van der Waals surface area contributed by atoms with Gasteiger partial charge in [0.25, 0.3) is 0 Å². The Bertz CT molecular complexity index is 523. The number of aliphatic carboxylic acids is 1. The maximum atomic E-state index is 12.3. The largest absolute Gasteiger partial charge is 0.480 e. The molecule has 1 amide bonds. The standard InChI is InChI=1S/C14H17NO4S/c16-12(7-19-8-13(17)18)15-5-3-11-10(4-6-20-11)14(15)9-1-2-9/h4,6,9,14H,1-3,5,7-8H2,(H,17,18). The minimum atomic E-state index is -1.05. The highest BCUT2D eigenvalue weighted by atomic mass is 32.1. The molecule has 1 unspecified atom stereocenters. The first-order valence-corrected chi connectivity index (χ1v) is 7.70. The van der Waals surface area contributed by atoms with Crippen molar-refractivity contribution in [2.45, 2.75) is 25.3 Å². The lowest BCUT2D eigenvalue weighted by Crippen LogP contribution is -2.42. The van der Waals surface area contributed by atoms with E-state index >= 15 is 0 Å². The zero-order valence-corrected chi connectivity index (χ0v) is 11.9. The number of thiophene rings is 1. The van der Waals surface area contributed by atoms with Crippen LogP contribution in [-0.2, 0) is 20.7 Å². The lowest BCUT2D eigenvalue weighted by molar-refractivity contribution is -0.147. The molecule has 1 aliphatic heterocycles. The fourth-order valence-electron chi connectivity index (χ4n) is 2.85. The van der Waals surface area contributed by atoms with Crippen LogP contribution >= 0.6 is 11.3 Å². The Labute approximate surface area is 121 Å². The molecule has 2 aliphatic rings. The number of amides is 1. The van der Waals surface area contributed by atoms with Gasteiger partial charge < -0.3 is 14.7 Å². The smallest absolute Gasteiger partial charge is 0.329 e. The van der Waals surface area contributed by atoms with E-state index in [4.69, 9.17) is 9.84 Å². The zero-order valence-electron chi connectivity index (χ0n) is 11.1. The molecule has 1 aromatic heterocycles. The number of carbonyl (C=O) groups is 2. The van der Waals surface area contributed by atoms with Gasteiger partial charge in [0, 0.05) is 11.4 Å². The summed E-state index contributed by atoms with van der Waals surface area (Å²) < 4.78 is 4.94. The molecule has 0 radical (unpaired) electrons. The van der Waals surface area contributed by atoms with Crippen LogP contribution in [0.3, 0.4) is 0 Å². The molecule has 1 aliphatic carbocycles. The molecule has 20 heavy (non-hydrogen) atoms. The van der Waals surface area contributed by atoms with Crippen molar-refractivity contribution < 1.29 is 19.4 Å². The number of nitrogens with zero attached hydrogens (tertiary/aromatic N) is 1. The number of carboxylic acids is 1. The van der Waals surface area contributed by atoms with Gasteiger partial charge in [0.2, 0.25) is 5.91 Å². The number of carbonyl (C=O) groups excluding carboxylic acids is 1. The van der Waals surface area contributed by atoms with Crippen molar-refractivity contribution in [2.24, 2.45) is 5.92 Å². The van der Waals surface area contributed by atoms with Gasteiger partial charge >= 0.3 is 5.97 Å². The first-order valence-electron chi connectivity index (χ1n) is 6.82. The lowest BCUT2D eigenvalue weighted by atomic mass is 9.96. The van der Waals surface area contributed by atoms with Crippen LogP contribution in [-0.4, -0.2) is 41.6 Å². The lowest BCUT2D eigenvalue weighted by Gasteiger charge is -2.36. The second-order valence-corrected chi connectivity index (χ2v) is 6.31. The molecule has 0 aromatic carbocycles. The van der Waals surface area contributed by atoms with Crippen molar-refractivity contribution in [1.29, 1.82) is 0 Å². The normalized spacial score (nSPS) is 21.6. The van der Waals surface area contributed by atoms with Gasteiger partial charge in [-0.3, -0.25) is 4.79 Å². The third-order valence-corrected chi connectivity index (χ3v) is 4.85. The second kappa shape index (κ2) is 5.54. The predicted molar refractivity (Wildman–Crippen MR) is 73.7 cm³/mol. The Hall–Kier alpha value is -1.40. The highest BCUT2D eigenvalue weighted by Gasteiger charge is 2.41. The van der Waals surface area contributed by atoms with Crippen molar-refractivity contribution in [3.8, 4) is 0 Å². The van der Waals surface area contributed by atoms with Gasteiger partial charge in [-0.25, -0.2) is 4.79 Å². The highest BCUT2D eigenvalue weighted by molar-refractivity contribution is 7.10. The zero-order chi connectivity index (χ0) is 14.1. The fraction of sp³-hybridized carbons (Fsp3) is 0.571. The van der Waals surface area contributed by atoms with E-state index in [-0.39, 0.29) is 18.6 Å². The molecule has 1 saturated carbocycles. The van der Waals surface area contributed by atoms with Crippen LogP contribution in [0.15, 0.2) is 11.4 Å². The minimum absolute atomic E-state index is 0.0972. The molecular weight excluding hydrogens is 278 g/mol. The van der Waals surface area contributed by atoms with Crippen molar-refractivity contribution >= 4 is 23.2 Å². The van der Waals surface area contributed by atoms with Crippen LogP contribution in [0.4, 0.5) is 0 Å². The maximum Gasteiger partial charge on any atom is 0.329 e. The topological polar surface area (TPSA) is 66.8 Å². The van der Waals surface area contributed by atoms with E-state index in [0.717, 1.165) is 6.42 Å². The van der Waals surface area contributed by atoms with Crippen molar-refractivity contribution in [2.75, 3.05) is 19.8 Å². The van der Waals surface area contributed by atoms with Crippen molar-refractivity contribution in [3.05, 3.63) is 21.9 Å². The van der Waals surface area contributed by atoms with Crippen LogP contribution in [0.2, 0.25) is 0 Å². The third-order valence-electron chi connectivity index (χ3n) is 3.85. The number of carboxylic acid groups (broad SMARTS) is 1. The summed E-state index contributed by atoms with van der Waals surface area (Å²) in [6.45, 7) is 0.149. The Morgan fingerprint density at radius 3 is 2.90 bits per heavy atom. The summed E-state index contributed by atoms with van der Waals surface area (Å²) in [6.07, 6.45) is 3.22. The van der Waals surface area contributed by atoms with E-state index < -0.39 is 12.6 Å². The number of hydrogen-bond donors (Lipinski definition) is 1. The van der Waals surface area contributed by atoms with Crippen LogP contribution in [0.5, 0.6) is 0 Å². The summed E-state index contributed by atoms with van der Waals surface area (Å²) in [5.41, 5.74) is 1.29. The van der Waals surface area contributed by atoms with E-state index in [0.29, 0.717) is 12.5 Å². The Morgan fingerprint density at radius 2 is 2.20 bits per heavy atom. The molecule has 1 N–H and O–H groups in total. The summed E-state index contributed by atoms with van der Waals surface area (Å²) >= 11 is 1.76. The average molecular weight is 295 g/mol. The van der Waals surface area contributed by atoms with Gasteiger partial charge in [-0.2, -0.15) is 0 Å². The van der Waals surface area contributed by atoms with Gasteiger partial charge in [-0.05, 0) is 42.2 Å². The molecule has 2 heterocycles. The summed E-state index contributed by atoms with van der Waals surface area (Å²) in [6, 6.07) is 2.30. The van der Waals surface area contributed by atoms with Gasteiger partial charge in [0.15, 0.2) is 0 Å². The summed E-state index contributed by atoms with van der Waals surface area (Å²) in [5, 5.41) is 10.6. The average Bonchev–Trinajstić information content (AvgIpc) is 3.13. The quantitative estimate of drug-likeness (QED) is 0.897. The maximum absolute atomic E-state index is 12.3. The predicted octanol–water partition coefficient (Wildman–Crippen LogP) is 1.69. The summed E-state index contributed by atoms with van der Waals surface area (Å²) in [7, 11) is 0. The molecule has 6 heteroatoms. The molecule has 0 saturated heterocycles. The number of fused-ring (bicyclic) bond motifs is 1. The Morgan fingerprint density at radius 1 is 1.40 bits per heavy atom. The van der Waals surface area contributed by atoms with Gasteiger partial charge in [-0.15, -0.1) is 11.3 Å². The number of rotatable bonds is 5. The molecule has 1 aromatic rings. The van der Waals surface area contributed by atoms with E-state index in [1.807, 2.05) is 4.90 Å². The SMILES string of the molecule is O=C(O)COCC(=O)N1CCc2sccc2C1C1CC1. The third kappa shape index (κ3) is 2.71. The van der Waals surface area contributed by atoms with Gasteiger partial charge in [0.05, 0.1) is 6.04 Å². The second-order valence-electron chi connectivity index (χ2n) is 5.31. The summed E-state index contributed by atoms with van der Waals surface area (Å²) in [4.78, 5) is 26.0. The minimum Gasteiger partial charge on any atom is -0.480 e. The fourth-order valence-corrected chi connectivity index (χ4v) is 3.77. The molecule has 1 fully saturated rings. The van der Waals surface area contributed by atoms with E-state index in [1.165, 1.54) is 23.3 Å². The number of hydrogen-bond acceptors (Lipinski definition) is 4. The van der Waals surface area contributed by atoms with Gasteiger partial charge in [0.1, 0.15) is 13.2 Å². The summed E-state index contributed by atoms with van der Waals surface area (Å²) in [5.74, 6) is -0.581. The van der Waals surface area contributed by atoms with Crippen LogP contribution < -0.4 is 0 Å². The molecule has 5 nitrogen and oxygen atoms in total. The Balaban J connectivity index is 1.69. The van der Waals surface area contributed by atoms with Crippen molar-refractivity contribution in [3.63, 3.8) is 0 Å². The Kier molecular flexibility index (Phi) is 3.76. The monoisotopic (exact) mass is 295 g/mol. The number of ether oxygens (including phenoxy) is 1. The molecule has 3 rings (SSSR count). The van der Waals surface area contributed by atoms with E-state index in [9.17, 15) is 9.59 Å². The highest BCUT2D eigenvalue weighted by Crippen LogP contribution is 2.48. The molecule has 0 bridgehead atoms. The first-order chi connectivity index (χ1) is 9.66.